The number of phenols is 3. The van der Waals surface area contributed by atoms with Crippen molar-refractivity contribution in [3.63, 3.8) is 0 Å². The fourth-order valence-electron chi connectivity index (χ4n) is 2.36. The quantitative estimate of drug-likeness (QED) is 0.291. The van der Waals surface area contributed by atoms with Crippen molar-refractivity contribution in [2.45, 2.75) is 12.5 Å². The first kappa shape index (κ1) is 22.1. The largest absolute Gasteiger partial charge is 0.507 e. The summed E-state index contributed by atoms with van der Waals surface area (Å²) in [7, 11) is 0. The number of carboxylic acid groups (broad SMARTS) is 1. The number of hydrogen-bond donors (Lipinski definition) is 6. The van der Waals surface area contributed by atoms with Crippen molar-refractivity contribution < 1.29 is 30.0 Å². The van der Waals surface area contributed by atoms with Crippen LogP contribution in [0, 0.1) is 0 Å². The number of carbonyl (C=O) groups excluding carboxylic acids is 1. The summed E-state index contributed by atoms with van der Waals surface area (Å²) in [6.45, 7) is 0.359. The Kier molecular flexibility index (Phi) is 8.37. The third kappa shape index (κ3) is 6.36. The van der Waals surface area contributed by atoms with Gasteiger partial charge in [0.2, 0.25) is 0 Å². The lowest BCUT2D eigenvalue weighted by Gasteiger charge is -2.15. The molecule has 0 heterocycles. The molecule has 0 fully saturated rings. The summed E-state index contributed by atoms with van der Waals surface area (Å²) < 4.78 is 0. The third-order valence-corrected chi connectivity index (χ3v) is 3.73. The van der Waals surface area contributed by atoms with Gasteiger partial charge in [0.05, 0.1) is 5.56 Å². The molecule has 2 rings (SSSR count). The second-order valence-corrected chi connectivity index (χ2v) is 5.65. The molecule has 0 aliphatic carbocycles. The normalized spacial score (nSPS) is 11.3. The Hall–Kier alpha value is -2.97. The van der Waals surface area contributed by atoms with Crippen molar-refractivity contribution in [2.75, 3.05) is 13.1 Å². The van der Waals surface area contributed by atoms with E-state index < -0.39 is 17.9 Å². The van der Waals surface area contributed by atoms with Gasteiger partial charge in [-0.05, 0) is 36.2 Å². The number of amides is 1. The lowest BCUT2D eigenvalue weighted by Crippen LogP contribution is -2.42. The van der Waals surface area contributed by atoms with E-state index >= 15 is 0 Å². The van der Waals surface area contributed by atoms with E-state index in [2.05, 4.69) is 10.6 Å². The number of nitrogens with one attached hydrogen (secondary N) is 2. The van der Waals surface area contributed by atoms with E-state index in [0.717, 1.165) is 0 Å². The summed E-state index contributed by atoms with van der Waals surface area (Å²) >= 11 is 0. The monoisotopic (exact) mass is 396 g/mol. The summed E-state index contributed by atoms with van der Waals surface area (Å²) in [4.78, 5) is 23.3. The Morgan fingerprint density at radius 3 is 2.26 bits per heavy atom. The highest BCUT2D eigenvalue weighted by Gasteiger charge is 2.18. The summed E-state index contributed by atoms with van der Waals surface area (Å²) in [6, 6.07) is 9.29. The molecule has 27 heavy (non-hydrogen) atoms. The van der Waals surface area contributed by atoms with Crippen LogP contribution in [0.4, 0.5) is 0 Å². The van der Waals surface area contributed by atoms with Crippen LogP contribution in [0.5, 0.6) is 17.2 Å². The van der Waals surface area contributed by atoms with Crippen molar-refractivity contribution in [3.8, 4) is 17.2 Å². The second kappa shape index (κ2) is 10.2. The molecule has 1 amide bonds. The number of aliphatic carboxylic acids is 1. The summed E-state index contributed by atoms with van der Waals surface area (Å²) in [6.07, 6.45) is 0.0938. The average molecular weight is 397 g/mol. The molecular weight excluding hydrogens is 376 g/mol. The number of carbonyl (C=O) groups is 2. The highest BCUT2D eigenvalue weighted by molar-refractivity contribution is 5.96. The van der Waals surface area contributed by atoms with Gasteiger partial charge in [0.25, 0.3) is 5.91 Å². The van der Waals surface area contributed by atoms with Crippen molar-refractivity contribution in [1.82, 2.24) is 10.6 Å². The van der Waals surface area contributed by atoms with Gasteiger partial charge in [0.15, 0.2) is 11.5 Å². The number of carboxylic acids is 1. The van der Waals surface area contributed by atoms with Crippen molar-refractivity contribution in [1.29, 1.82) is 0 Å². The number of para-hydroxylation sites is 1. The van der Waals surface area contributed by atoms with Gasteiger partial charge in [-0.15, -0.1) is 12.4 Å². The highest BCUT2D eigenvalue weighted by Crippen LogP contribution is 2.25. The van der Waals surface area contributed by atoms with Gasteiger partial charge in [-0.1, -0.05) is 18.2 Å². The molecule has 6 N–H and O–H groups in total. The van der Waals surface area contributed by atoms with Gasteiger partial charge >= 0.3 is 5.97 Å². The first-order valence-corrected chi connectivity index (χ1v) is 7.91. The predicted molar refractivity (Wildman–Crippen MR) is 101 cm³/mol. The summed E-state index contributed by atoms with van der Waals surface area (Å²) in [5.41, 5.74) is 0.681. The van der Waals surface area contributed by atoms with E-state index in [1.165, 1.54) is 30.3 Å². The van der Waals surface area contributed by atoms with Crippen molar-refractivity contribution >= 4 is 24.3 Å². The Bertz CT molecular complexity index is 799. The molecule has 0 aromatic heterocycles. The van der Waals surface area contributed by atoms with Gasteiger partial charge in [-0.2, -0.15) is 0 Å². The van der Waals surface area contributed by atoms with E-state index in [9.17, 15) is 30.0 Å². The molecular formula is C18H21ClN2O6. The molecule has 0 spiro atoms. The van der Waals surface area contributed by atoms with Crippen LogP contribution in [0.2, 0.25) is 0 Å². The van der Waals surface area contributed by atoms with E-state index in [4.69, 9.17) is 0 Å². The number of hydrogen-bond acceptors (Lipinski definition) is 6. The van der Waals surface area contributed by atoms with Crippen LogP contribution >= 0.6 is 12.4 Å². The maximum Gasteiger partial charge on any atom is 0.321 e. The predicted octanol–water partition coefficient (Wildman–Crippen LogP) is 1.24. The minimum Gasteiger partial charge on any atom is -0.507 e. The van der Waals surface area contributed by atoms with Gasteiger partial charge in [-0.25, -0.2) is 0 Å². The van der Waals surface area contributed by atoms with Crippen LogP contribution in [0.15, 0.2) is 42.5 Å². The minimum absolute atomic E-state index is 0. The van der Waals surface area contributed by atoms with Crippen LogP contribution in [0.3, 0.4) is 0 Å². The fraction of sp³-hybridized carbons (Fsp3) is 0.222. The standard InChI is InChI=1S/C18H20N2O6.ClH/c21-14-4-2-1-3-12(14)17(24)20-8-7-19-13(18(25)26)9-11-5-6-15(22)16(23)10-11;/h1-6,10,13,19,21-23H,7-9H2,(H,20,24)(H,25,26);1H/t13-;/m0./s1. The lowest BCUT2D eigenvalue weighted by molar-refractivity contribution is -0.139. The van der Waals surface area contributed by atoms with Crippen molar-refractivity contribution in [3.05, 3.63) is 53.6 Å². The SMILES string of the molecule is Cl.O=C(NCCN[C@@H](Cc1ccc(O)c(O)c1)C(=O)O)c1ccccc1O. The molecule has 0 saturated carbocycles. The van der Waals surface area contributed by atoms with Crippen LogP contribution in [-0.2, 0) is 11.2 Å². The Morgan fingerprint density at radius 1 is 0.926 bits per heavy atom. The van der Waals surface area contributed by atoms with E-state index in [0.29, 0.717) is 5.56 Å². The number of halogens is 1. The Labute approximate surface area is 161 Å². The molecule has 9 heteroatoms. The van der Waals surface area contributed by atoms with Gasteiger partial charge in [0.1, 0.15) is 11.8 Å². The van der Waals surface area contributed by atoms with Crippen molar-refractivity contribution in [2.24, 2.45) is 0 Å². The molecule has 0 saturated heterocycles. The van der Waals surface area contributed by atoms with Crippen LogP contribution in [-0.4, -0.2) is 51.4 Å². The minimum atomic E-state index is -1.08. The molecule has 0 aliphatic heterocycles. The topological polar surface area (TPSA) is 139 Å². The van der Waals surface area contributed by atoms with Gasteiger partial charge in [0, 0.05) is 13.1 Å². The maximum atomic E-state index is 11.9. The zero-order valence-corrected chi connectivity index (χ0v) is 15.1. The summed E-state index contributed by atoms with van der Waals surface area (Å²) in [5.74, 6) is -2.26. The summed E-state index contributed by atoms with van der Waals surface area (Å²) in [5, 5.41) is 43.0. The smallest absolute Gasteiger partial charge is 0.321 e. The first-order chi connectivity index (χ1) is 12.4. The molecule has 146 valence electrons. The van der Waals surface area contributed by atoms with Crippen LogP contribution in [0.25, 0.3) is 0 Å². The molecule has 2 aromatic carbocycles. The molecule has 0 bridgehead atoms. The number of rotatable bonds is 8. The van der Waals surface area contributed by atoms with Crippen LogP contribution in [0.1, 0.15) is 15.9 Å². The number of aromatic hydroxyl groups is 3. The Morgan fingerprint density at radius 2 is 1.63 bits per heavy atom. The zero-order valence-electron chi connectivity index (χ0n) is 14.3. The number of benzene rings is 2. The number of phenolic OH excluding ortho intramolecular Hbond substituents is 3. The fourth-order valence-corrected chi connectivity index (χ4v) is 2.36. The molecule has 0 aliphatic rings. The van der Waals surface area contributed by atoms with Gasteiger partial charge in [-0.3, -0.25) is 9.59 Å². The van der Waals surface area contributed by atoms with E-state index in [1.54, 1.807) is 12.1 Å². The van der Waals surface area contributed by atoms with Gasteiger partial charge < -0.3 is 31.1 Å². The third-order valence-electron chi connectivity index (χ3n) is 3.73. The van der Waals surface area contributed by atoms with E-state index in [1.807, 2.05) is 0 Å². The Balaban J connectivity index is 0.00000364. The molecule has 0 radical (unpaired) electrons. The van der Waals surface area contributed by atoms with Crippen LogP contribution < -0.4 is 10.6 Å². The molecule has 1 atom stereocenters. The van der Waals surface area contributed by atoms with E-state index in [-0.39, 0.29) is 54.7 Å². The second-order valence-electron chi connectivity index (χ2n) is 5.65. The first-order valence-electron chi connectivity index (χ1n) is 7.91. The lowest BCUT2D eigenvalue weighted by atomic mass is 10.1. The molecule has 8 nitrogen and oxygen atoms in total. The molecule has 2 aromatic rings. The average Bonchev–Trinajstić information content (AvgIpc) is 2.60. The zero-order chi connectivity index (χ0) is 19.1. The molecule has 0 unspecified atom stereocenters. The highest BCUT2D eigenvalue weighted by atomic mass is 35.5. The maximum absolute atomic E-state index is 11.9.